The molecular formula is C17H35NO. The second-order valence-corrected chi connectivity index (χ2v) is 6.86. The van der Waals surface area contributed by atoms with Crippen LogP contribution in [0.4, 0.5) is 0 Å². The molecule has 1 amide bonds. The van der Waals surface area contributed by atoms with Gasteiger partial charge in [0, 0.05) is 19.5 Å². The molecule has 0 saturated carbocycles. The van der Waals surface area contributed by atoms with Gasteiger partial charge in [-0.05, 0) is 25.2 Å². The van der Waals surface area contributed by atoms with Crippen LogP contribution >= 0.6 is 0 Å². The lowest BCUT2D eigenvalue weighted by Crippen LogP contribution is -2.38. The highest BCUT2D eigenvalue weighted by Gasteiger charge is 2.33. The van der Waals surface area contributed by atoms with E-state index in [0.29, 0.717) is 11.8 Å². The molecule has 0 saturated heterocycles. The average Bonchev–Trinajstić information content (AvgIpc) is 2.35. The van der Waals surface area contributed by atoms with E-state index in [1.165, 1.54) is 32.1 Å². The minimum atomic E-state index is -0.153. The topological polar surface area (TPSA) is 20.3 Å². The highest BCUT2D eigenvalue weighted by molar-refractivity contribution is 5.81. The van der Waals surface area contributed by atoms with Crippen LogP contribution in [0.15, 0.2) is 0 Å². The number of amides is 1. The van der Waals surface area contributed by atoms with Gasteiger partial charge in [0.25, 0.3) is 0 Å². The Balaban J connectivity index is 4.36. The maximum absolute atomic E-state index is 12.4. The Bertz CT molecular complexity index is 248. The van der Waals surface area contributed by atoms with E-state index in [1.54, 1.807) is 4.90 Å². The summed E-state index contributed by atoms with van der Waals surface area (Å²) in [5.74, 6) is 0.984. The Morgan fingerprint density at radius 2 is 1.63 bits per heavy atom. The fourth-order valence-electron chi connectivity index (χ4n) is 2.60. The fraction of sp³-hybridized carbons (Fsp3) is 0.941. The van der Waals surface area contributed by atoms with E-state index in [-0.39, 0.29) is 5.41 Å². The van der Waals surface area contributed by atoms with Crippen molar-refractivity contribution in [3.05, 3.63) is 0 Å². The molecule has 114 valence electrons. The summed E-state index contributed by atoms with van der Waals surface area (Å²) in [7, 11) is 3.76. The summed E-state index contributed by atoms with van der Waals surface area (Å²) in [5, 5.41) is 0. The Morgan fingerprint density at radius 3 is 2.11 bits per heavy atom. The van der Waals surface area contributed by atoms with Crippen molar-refractivity contribution >= 4 is 5.91 Å². The molecule has 0 bridgehead atoms. The molecular weight excluding hydrogens is 234 g/mol. The van der Waals surface area contributed by atoms with Crippen molar-refractivity contribution in [2.75, 3.05) is 14.1 Å². The first-order valence-corrected chi connectivity index (χ1v) is 8.05. The molecule has 2 nitrogen and oxygen atoms in total. The summed E-state index contributed by atoms with van der Waals surface area (Å²) in [6.07, 6.45) is 9.58. The Morgan fingerprint density at radius 1 is 1.05 bits per heavy atom. The first kappa shape index (κ1) is 18.5. The molecule has 0 aromatic carbocycles. The smallest absolute Gasteiger partial charge is 0.227 e. The Hall–Kier alpha value is -0.530. The van der Waals surface area contributed by atoms with Crippen LogP contribution in [0.2, 0.25) is 0 Å². The molecule has 19 heavy (non-hydrogen) atoms. The van der Waals surface area contributed by atoms with E-state index >= 15 is 0 Å². The zero-order valence-corrected chi connectivity index (χ0v) is 14.1. The van der Waals surface area contributed by atoms with Gasteiger partial charge in [-0.25, -0.2) is 0 Å². The van der Waals surface area contributed by atoms with Crippen molar-refractivity contribution in [1.29, 1.82) is 0 Å². The zero-order chi connectivity index (χ0) is 14.9. The average molecular weight is 269 g/mol. The SMILES string of the molecule is CCCCCCCC(C)(CCC(C)C)C(=O)N(C)C. The maximum Gasteiger partial charge on any atom is 0.227 e. The van der Waals surface area contributed by atoms with Gasteiger partial charge in [0.1, 0.15) is 0 Å². The molecule has 0 fully saturated rings. The summed E-state index contributed by atoms with van der Waals surface area (Å²) in [6, 6.07) is 0. The molecule has 2 heteroatoms. The van der Waals surface area contributed by atoms with Crippen LogP contribution in [0, 0.1) is 11.3 Å². The molecule has 0 aliphatic rings. The standard InChI is InChI=1S/C17H35NO/c1-7-8-9-10-11-13-17(4,14-12-15(2)3)16(19)18(5)6/h15H,7-14H2,1-6H3. The molecule has 0 aromatic rings. The van der Waals surface area contributed by atoms with Crippen molar-refractivity contribution in [2.45, 2.75) is 79.1 Å². The van der Waals surface area contributed by atoms with E-state index in [4.69, 9.17) is 0 Å². The van der Waals surface area contributed by atoms with Gasteiger partial charge in [-0.2, -0.15) is 0 Å². The van der Waals surface area contributed by atoms with Crippen LogP contribution in [0.25, 0.3) is 0 Å². The van der Waals surface area contributed by atoms with Crippen molar-refractivity contribution in [3.63, 3.8) is 0 Å². The van der Waals surface area contributed by atoms with Crippen LogP contribution in [-0.4, -0.2) is 24.9 Å². The molecule has 0 aliphatic carbocycles. The van der Waals surface area contributed by atoms with Gasteiger partial charge in [0.15, 0.2) is 0 Å². The van der Waals surface area contributed by atoms with Gasteiger partial charge in [0.05, 0.1) is 0 Å². The predicted molar refractivity (Wildman–Crippen MR) is 84.2 cm³/mol. The minimum Gasteiger partial charge on any atom is -0.348 e. The van der Waals surface area contributed by atoms with E-state index in [9.17, 15) is 4.79 Å². The third kappa shape index (κ3) is 7.59. The van der Waals surface area contributed by atoms with Gasteiger partial charge >= 0.3 is 0 Å². The predicted octanol–water partition coefficient (Wildman–Crippen LogP) is 4.88. The molecule has 1 unspecified atom stereocenters. The van der Waals surface area contributed by atoms with Gasteiger partial charge in [-0.3, -0.25) is 4.79 Å². The van der Waals surface area contributed by atoms with Crippen molar-refractivity contribution in [2.24, 2.45) is 11.3 Å². The molecule has 1 atom stereocenters. The number of carbonyl (C=O) groups excluding carboxylic acids is 1. The Kier molecular flexibility index (Phi) is 9.12. The summed E-state index contributed by atoms with van der Waals surface area (Å²) >= 11 is 0. The van der Waals surface area contributed by atoms with E-state index in [0.717, 1.165) is 19.3 Å². The Labute approximate surface area is 120 Å². The number of carbonyl (C=O) groups is 1. The second-order valence-electron chi connectivity index (χ2n) is 6.86. The third-order valence-electron chi connectivity index (χ3n) is 4.03. The lowest BCUT2D eigenvalue weighted by molar-refractivity contribution is -0.139. The fourth-order valence-corrected chi connectivity index (χ4v) is 2.60. The van der Waals surface area contributed by atoms with Crippen LogP contribution < -0.4 is 0 Å². The number of rotatable bonds is 10. The number of hydrogen-bond donors (Lipinski definition) is 0. The monoisotopic (exact) mass is 269 g/mol. The quantitative estimate of drug-likeness (QED) is 0.518. The first-order chi connectivity index (χ1) is 8.83. The van der Waals surface area contributed by atoms with Gasteiger partial charge in [-0.15, -0.1) is 0 Å². The second kappa shape index (κ2) is 9.39. The molecule has 0 rings (SSSR count). The maximum atomic E-state index is 12.4. The zero-order valence-electron chi connectivity index (χ0n) is 14.1. The summed E-state index contributed by atoms with van der Waals surface area (Å²) in [5.41, 5.74) is -0.153. The van der Waals surface area contributed by atoms with E-state index in [1.807, 2.05) is 14.1 Å². The molecule has 0 radical (unpaired) electrons. The van der Waals surface area contributed by atoms with E-state index in [2.05, 4.69) is 27.7 Å². The number of unbranched alkanes of at least 4 members (excludes halogenated alkanes) is 4. The van der Waals surface area contributed by atoms with Crippen molar-refractivity contribution in [3.8, 4) is 0 Å². The lowest BCUT2D eigenvalue weighted by Gasteiger charge is -2.32. The van der Waals surface area contributed by atoms with Gasteiger partial charge < -0.3 is 4.90 Å². The van der Waals surface area contributed by atoms with Crippen molar-refractivity contribution < 1.29 is 4.79 Å². The molecule has 0 aliphatic heterocycles. The van der Waals surface area contributed by atoms with Crippen LogP contribution in [0.1, 0.15) is 79.1 Å². The highest BCUT2D eigenvalue weighted by atomic mass is 16.2. The summed E-state index contributed by atoms with van der Waals surface area (Å²) in [6.45, 7) is 8.88. The summed E-state index contributed by atoms with van der Waals surface area (Å²) in [4.78, 5) is 14.2. The largest absolute Gasteiger partial charge is 0.348 e. The number of hydrogen-bond acceptors (Lipinski definition) is 1. The van der Waals surface area contributed by atoms with Crippen LogP contribution in [0.3, 0.4) is 0 Å². The van der Waals surface area contributed by atoms with Crippen LogP contribution in [-0.2, 0) is 4.79 Å². The van der Waals surface area contributed by atoms with Gasteiger partial charge in [0.2, 0.25) is 5.91 Å². The third-order valence-corrected chi connectivity index (χ3v) is 4.03. The normalized spacial score (nSPS) is 14.5. The minimum absolute atomic E-state index is 0.153. The van der Waals surface area contributed by atoms with Crippen LogP contribution in [0.5, 0.6) is 0 Å². The molecule has 0 aromatic heterocycles. The molecule has 0 N–H and O–H groups in total. The van der Waals surface area contributed by atoms with E-state index < -0.39 is 0 Å². The summed E-state index contributed by atoms with van der Waals surface area (Å²) < 4.78 is 0. The first-order valence-electron chi connectivity index (χ1n) is 8.05. The van der Waals surface area contributed by atoms with Crippen molar-refractivity contribution in [1.82, 2.24) is 4.90 Å². The van der Waals surface area contributed by atoms with Gasteiger partial charge in [-0.1, -0.05) is 59.8 Å². The molecule has 0 spiro atoms. The molecule has 0 heterocycles. The lowest BCUT2D eigenvalue weighted by atomic mass is 9.77. The number of nitrogens with zero attached hydrogens (tertiary/aromatic N) is 1. The highest BCUT2D eigenvalue weighted by Crippen LogP contribution is 2.33.